The normalized spacial score (nSPS) is 13.2. The minimum Gasteiger partial charge on any atom is -0.487 e. The standard InChI is InChI=1S/C35H56NO3/c1-6-7-8-9-10-11-12-13-14-16-20-32-23-19-24-34(27-32)39-31(3)29-38-35(37)30(2)25-26-36(4,5)28-33-21-17-15-18-22-33/h15,17-19,21-24,27,30-31H,6-14,16,20,25-26,28-29H2,1-5H3/q+1. The van der Waals surface area contributed by atoms with Crippen molar-refractivity contribution in [3.05, 3.63) is 65.7 Å². The molecule has 0 aromatic heterocycles. The first-order valence-electron chi connectivity index (χ1n) is 15.6. The predicted octanol–water partition coefficient (Wildman–Crippen LogP) is 8.76. The number of aryl methyl sites for hydroxylation is 1. The van der Waals surface area contributed by atoms with E-state index in [1.807, 2.05) is 26.0 Å². The number of benzene rings is 2. The van der Waals surface area contributed by atoms with E-state index in [2.05, 4.69) is 63.5 Å². The van der Waals surface area contributed by atoms with Gasteiger partial charge in [0.25, 0.3) is 0 Å². The molecule has 0 N–H and O–H groups in total. The maximum atomic E-state index is 12.6. The van der Waals surface area contributed by atoms with Gasteiger partial charge in [0.05, 0.1) is 26.6 Å². The number of hydrogen-bond acceptors (Lipinski definition) is 3. The lowest BCUT2D eigenvalue weighted by atomic mass is 10.0. The summed E-state index contributed by atoms with van der Waals surface area (Å²) in [5, 5.41) is 0. The molecule has 39 heavy (non-hydrogen) atoms. The van der Waals surface area contributed by atoms with Crippen LogP contribution in [0.15, 0.2) is 54.6 Å². The van der Waals surface area contributed by atoms with E-state index >= 15 is 0 Å². The van der Waals surface area contributed by atoms with Crippen LogP contribution in [-0.4, -0.2) is 43.8 Å². The summed E-state index contributed by atoms with van der Waals surface area (Å²) in [5.41, 5.74) is 2.64. The van der Waals surface area contributed by atoms with Gasteiger partial charge in [-0.15, -0.1) is 0 Å². The lowest BCUT2D eigenvalue weighted by Gasteiger charge is -2.30. The molecule has 0 fully saturated rings. The van der Waals surface area contributed by atoms with Crippen LogP contribution >= 0.6 is 0 Å². The molecule has 2 atom stereocenters. The summed E-state index contributed by atoms with van der Waals surface area (Å²) >= 11 is 0. The predicted molar refractivity (Wildman–Crippen MR) is 164 cm³/mol. The Morgan fingerprint density at radius 2 is 1.41 bits per heavy atom. The van der Waals surface area contributed by atoms with Gasteiger partial charge in [0, 0.05) is 12.0 Å². The molecule has 4 heteroatoms. The molecule has 0 bridgehead atoms. The number of carbonyl (C=O) groups excluding carboxylic acids is 1. The van der Waals surface area contributed by atoms with Gasteiger partial charge in [-0.1, -0.05) is 114 Å². The number of ether oxygens (including phenoxy) is 2. The monoisotopic (exact) mass is 538 g/mol. The van der Waals surface area contributed by atoms with Crippen molar-refractivity contribution in [2.45, 2.75) is 110 Å². The summed E-state index contributed by atoms with van der Waals surface area (Å²) in [5.74, 6) is 0.589. The van der Waals surface area contributed by atoms with Gasteiger partial charge >= 0.3 is 5.97 Å². The van der Waals surface area contributed by atoms with E-state index in [0.29, 0.717) is 0 Å². The van der Waals surface area contributed by atoms with E-state index in [1.54, 1.807) is 0 Å². The number of unbranched alkanes of at least 4 members (excludes halogenated alkanes) is 9. The molecule has 0 radical (unpaired) electrons. The summed E-state index contributed by atoms with van der Waals surface area (Å²) in [4.78, 5) is 12.6. The number of quaternary nitrogens is 1. The quantitative estimate of drug-likeness (QED) is 0.0905. The van der Waals surface area contributed by atoms with Crippen LogP contribution in [0.5, 0.6) is 5.75 Å². The van der Waals surface area contributed by atoms with E-state index in [0.717, 1.165) is 36.2 Å². The van der Waals surface area contributed by atoms with Crippen molar-refractivity contribution in [2.24, 2.45) is 5.92 Å². The third-order valence-corrected chi connectivity index (χ3v) is 7.54. The summed E-state index contributed by atoms with van der Waals surface area (Å²) in [6.07, 6.45) is 15.3. The summed E-state index contributed by atoms with van der Waals surface area (Å²) < 4.78 is 12.5. The molecule has 0 amide bonds. The van der Waals surface area contributed by atoms with Gasteiger partial charge in [-0.25, -0.2) is 0 Å². The Hall–Kier alpha value is -2.33. The first-order valence-corrected chi connectivity index (χ1v) is 15.6. The van der Waals surface area contributed by atoms with Crippen LogP contribution in [0.3, 0.4) is 0 Å². The first-order chi connectivity index (χ1) is 18.8. The highest BCUT2D eigenvalue weighted by molar-refractivity contribution is 5.71. The van der Waals surface area contributed by atoms with E-state index in [1.165, 1.54) is 75.3 Å². The van der Waals surface area contributed by atoms with E-state index in [9.17, 15) is 4.79 Å². The summed E-state index contributed by atoms with van der Waals surface area (Å²) in [7, 11) is 4.43. The number of esters is 1. The first kappa shape index (κ1) is 32.9. The van der Waals surface area contributed by atoms with Crippen molar-refractivity contribution in [1.29, 1.82) is 0 Å². The maximum absolute atomic E-state index is 12.6. The molecule has 0 saturated carbocycles. The number of rotatable bonds is 21. The zero-order valence-electron chi connectivity index (χ0n) is 25.6. The SMILES string of the molecule is CCCCCCCCCCCCc1cccc(OC(C)COC(=O)C(C)CC[N+](C)(C)Cc2ccccc2)c1. The molecule has 0 aliphatic heterocycles. The fourth-order valence-electron chi connectivity index (χ4n) is 5.02. The summed E-state index contributed by atoms with van der Waals surface area (Å²) in [6.45, 7) is 8.35. The van der Waals surface area contributed by atoms with Crippen molar-refractivity contribution in [2.75, 3.05) is 27.2 Å². The van der Waals surface area contributed by atoms with Gasteiger partial charge in [-0.05, 0) is 37.5 Å². The van der Waals surface area contributed by atoms with Gasteiger partial charge in [0.15, 0.2) is 0 Å². The molecular weight excluding hydrogens is 482 g/mol. The molecule has 2 rings (SSSR count). The van der Waals surface area contributed by atoms with Crippen LogP contribution in [0.2, 0.25) is 0 Å². The molecule has 0 saturated heterocycles. The highest BCUT2D eigenvalue weighted by Gasteiger charge is 2.22. The maximum Gasteiger partial charge on any atom is 0.309 e. The second-order valence-electron chi connectivity index (χ2n) is 12.1. The number of hydrogen-bond donors (Lipinski definition) is 0. The van der Waals surface area contributed by atoms with Gasteiger partial charge in [0.2, 0.25) is 0 Å². The zero-order valence-corrected chi connectivity index (χ0v) is 25.6. The molecule has 218 valence electrons. The highest BCUT2D eigenvalue weighted by atomic mass is 16.6. The van der Waals surface area contributed by atoms with Crippen LogP contribution in [0.25, 0.3) is 0 Å². The number of nitrogens with zero attached hydrogens (tertiary/aromatic N) is 1. The Labute approximate surface area is 239 Å². The second kappa shape index (κ2) is 18.9. The Kier molecular flexibility index (Phi) is 15.9. The van der Waals surface area contributed by atoms with Crippen molar-refractivity contribution in [3.63, 3.8) is 0 Å². The summed E-state index contributed by atoms with van der Waals surface area (Å²) in [6, 6.07) is 18.9. The minimum atomic E-state index is -0.181. The van der Waals surface area contributed by atoms with Crippen LogP contribution in [0.1, 0.15) is 103 Å². The molecule has 2 aromatic carbocycles. The van der Waals surface area contributed by atoms with Crippen LogP contribution in [0, 0.1) is 5.92 Å². The van der Waals surface area contributed by atoms with Crippen molar-refractivity contribution in [1.82, 2.24) is 0 Å². The zero-order chi connectivity index (χ0) is 28.3. The lowest BCUT2D eigenvalue weighted by molar-refractivity contribution is -0.904. The Bertz CT molecular complexity index is 911. The Morgan fingerprint density at radius 3 is 2.08 bits per heavy atom. The molecule has 0 aliphatic rings. The lowest BCUT2D eigenvalue weighted by Crippen LogP contribution is -2.40. The fourth-order valence-corrected chi connectivity index (χ4v) is 5.02. The Morgan fingerprint density at radius 1 is 0.795 bits per heavy atom. The average molecular weight is 539 g/mol. The van der Waals surface area contributed by atoms with Gasteiger partial charge in [-0.2, -0.15) is 0 Å². The van der Waals surface area contributed by atoms with Gasteiger partial charge in [-0.3, -0.25) is 4.79 Å². The molecule has 0 heterocycles. The molecule has 2 unspecified atom stereocenters. The highest BCUT2D eigenvalue weighted by Crippen LogP contribution is 2.19. The molecule has 4 nitrogen and oxygen atoms in total. The van der Waals surface area contributed by atoms with E-state index < -0.39 is 0 Å². The topological polar surface area (TPSA) is 35.5 Å². The van der Waals surface area contributed by atoms with Crippen LogP contribution in [-0.2, 0) is 22.5 Å². The molecular formula is C35H56NO3+. The number of carbonyl (C=O) groups is 1. The van der Waals surface area contributed by atoms with Crippen molar-refractivity contribution >= 4 is 5.97 Å². The van der Waals surface area contributed by atoms with Gasteiger partial charge < -0.3 is 14.0 Å². The van der Waals surface area contributed by atoms with Crippen LogP contribution < -0.4 is 4.74 Å². The second-order valence-corrected chi connectivity index (χ2v) is 12.1. The molecule has 0 spiro atoms. The van der Waals surface area contributed by atoms with Gasteiger partial charge in [0.1, 0.15) is 25.0 Å². The Balaban J connectivity index is 1.61. The van der Waals surface area contributed by atoms with Crippen molar-refractivity contribution in [3.8, 4) is 5.75 Å². The van der Waals surface area contributed by atoms with E-state index in [-0.39, 0.29) is 24.6 Å². The average Bonchev–Trinajstić information content (AvgIpc) is 2.92. The van der Waals surface area contributed by atoms with E-state index in [4.69, 9.17) is 9.47 Å². The third-order valence-electron chi connectivity index (χ3n) is 7.54. The molecule has 2 aromatic rings. The van der Waals surface area contributed by atoms with Crippen molar-refractivity contribution < 1.29 is 18.8 Å². The largest absolute Gasteiger partial charge is 0.487 e. The fraction of sp³-hybridized carbons (Fsp3) is 0.629. The van der Waals surface area contributed by atoms with Crippen LogP contribution in [0.4, 0.5) is 0 Å². The third kappa shape index (κ3) is 15.1. The minimum absolute atomic E-state index is 0.130. The smallest absolute Gasteiger partial charge is 0.309 e. The molecule has 0 aliphatic carbocycles.